The average molecular weight is 305 g/mol. The van der Waals surface area contributed by atoms with Crippen molar-refractivity contribution < 1.29 is 9.84 Å². The highest BCUT2D eigenvalue weighted by molar-refractivity contribution is 5.28. The summed E-state index contributed by atoms with van der Waals surface area (Å²) in [6, 6.07) is 8.81. The van der Waals surface area contributed by atoms with E-state index in [0.29, 0.717) is 25.1 Å². The molecule has 0 heterocycles. The van der Waals surface area contributed by atoms with Crippen LogP contribution in [0, 0.1) is 0 Å². The monoisotopic (exact) mass is 305 g/mol. The summed E-state index contributed by atoms with van der Waals surface area (Å²) in [5, 5.41) is 10.2. The van der Waals surface area contributed by atoms with Crippen LogP contribution in [0.25, 0.3) is 0 Å². The maximum Gasteiger partial charge on any atom is 0.119 e. The molecule has 0 unspecified atom stereocenters. The van der Waals surface area contributed by atoms with Gasteiger partial charge >= 0.3 is 0 Å². The first-order valence-electron chi connectivity index (χ1n) is 8.67. The molecule has 22 heavy (non-hydrogen) atoms. The Kier molecular flexibility index (Phi) is 6.71. The molecule has 1 fully saturated rings. The number of ether oxygens (including phenoxy) is 1. The number of aliphatic hydroxyl groups is 1. The molecule has 1 saturated carbocycles. The quantitative estimate of drug-likeness (QED) is 0.831. The van der Waals surface area contributed by atoms with Crippen molar-refractivity contribution in [1.82, 2.24) is 4.90 Å². The summed E-state index contributed by atoms with van der Waals surface area (Å²) in [6.45, 7) is 5.41. The molecule has 0 spiro atoms. The Balaban J connectivity index is 1.73. The lowest BCUT2D eigenvalue weighted by molar-refractivity contribution is 0.0561. The fourth-order valence-corrected chi connectivity index (χ4v) is 3.20. The molecule has 1 aliphatic rings. The van der Waals surface area contributed by atoms with Crippen LogP contribution in [0.3, 0.4) is 0 Å². The van der Waals surface area contributed by atoms with Crippen LogP contribution in [-0.2, 0) is 0 Å². The number of aliphatic hydroxyl groups excluding tert-OH is 1. The van der Waals surface area contributed by atoms with E-state index in [0.717, 1.165) is 5.75 Å². The second-order valence-corrected chi connectivity index (χ2v) is 6.92. The zero-order valence-corrected chi connectivity index (χ0v) is 14.3. The van der Waals surface area contributed by atoms with E-state index < -0.39 is 6.10 Å². The fraction of sp³-hybridized carbons (Fsp3) is 0.684. The number of nitrogens with zero attached hydrogens (tertiary/aromatic N) is 1. The molecule has 1 aromatic rings. The van der Waals surface area contributed by atoms with Gasteiger partial charge in [0.1, 0.15) is 18.5 Å². The molecule has 3 nitrogen and oxygen atoms in total. The van der Waals surface area contributed by atoms with Gasteiger partial charge < -0.3 is 14.7 Å². The van der Waals surface area contributed by atoms with E-state index in [2.05, 4.69) is 37.9 Å². The van der Waals surface area contributed by atoms with E-state index in [1.165, 1.54) is 37.7 Å². The minimum Gasteiger partial charge on any atom is -0.491 e. The lowest BCUT2D eigenvalue weighted by atomic mass is 9.94. The highest BCUT2D eigenvalue weighted by Crippen LogP contribution is 2.22. The molecule has 1 atom stereocenters. The van der Waals surface area contributed by atoms with Crippen LogP contribution in [0.4, 0.5) is 0 Å². The van der Waals surface area contributed by atoms with Crippen molar-refractivity contribution in [3.05, 3.63) is 29.8 Å². The van der Waals surface area contributed by atoms with E-state index in [-0.39, 0.29) is 0 Å². The summed E-state index contributed by atoms with van der Waals surface area (Å²) in [7, 11) is 2.12. The van der Waals surface area contributed by atoms with Crippen molar-refractivity contribution in [2.75, 3.05) is 20.2 Å². The topological polar surface area (TPSA) is 32.7 Å². The molecule has 124 valence electrons. The fourth-order valence-electron chi connectivity index (χ4n) is 3.20. The summed E-state index contributed by atoms with van der Waals surface area (Å²) in [5.74, 6) is 1.37. The SMILES string of the molecule is CC(C)c1ccc(OC[C@@H](O)CN(C)C2CCCCC2)cc1. The van der Waals surface area contributed by atoms with Crippen molar-refractivity contribution >= 4 is 0 Å². The summed E-state index contributed by atoms with van der Waals surface area (Å²) in [6.07, 6.45) is 6.11. The minimum atomic E-state index is -0.434. The molecule has 0 aromatic heterocycles. The van der Waals surface area contributed by atoms with Gasteiger partial charge in [-0.15, -0.1) is 0 Å². The summed E-state index contributed by atoms with van der Waals surface area (Å²) in [4.78, 5) is 2.30. The van der Waals surface area contributed by atoms with Crippen LogP contribution in [0.1, 0.15) is 57.4 Å². The number of hydrogen-bond acceptors (Lipinski definition) is 3. The number of likely N-dealkylation sites (N-methyl/N-ethyl adjacent to an activating group) is 1. The first-order chi connectivity index (χ1) is 10.6. The molecule has 0 saturated heterocycles. The van der Waals surface area contributed by atoms with E-state index >= 15 is 0 Å². The lowest BCUT2D eigenvalue weighted by Crippen LogP contribution is -2.40. The maximum atomic E-state index is 10.2. The van der Waals surface area contributed by atoms with Gasteiger partial charge in [0.05, 0.1) is 0 Å². The Morgan fingerprint density at radius 2 is 1.77 bits per heavy atom. The lowest BCUT2D eigenvalue weighted by Gasteiger charge is -2.32. The minimum absolute atomic E-state index is 0.359. The van der Waals surface area contributed by atoms with E-state index in [4.69, 9.17) is 4.74 Å². The van der Waals surface area contributed by atoms with E-state index in [9.17, 15) is 5.11 Å². The van der Waals surface area contributed by atoms with Crippen LogP contribution in [-0.4, -0.2) is 42.4 Å². The predicted molar refractivity (Wildman–Crippen MR) is 91.5 cm³/mol. The molecular formula is C19H31NO2. The predicted octanol–water partition coefficient (Wildman–Crippen LogP) is 3.81. The zero-order chi connectivity index (χ0) is 15.9. The largest absolute Gasteiger partial charge is 0.491 e. The van der Waals surface area contributed by atoms with Gasteiger partial charge in [0, 0.05) is 12.6 Å². The van der Waals surface area contributed by atoms with Gasteiger partial charge in [-0.05, 0) is 43.5 Å². The van der Waals surface area contributed by atoms with Crippen LogP contribution in [0.2, 0.25) is 0 Å². The van der Waals surface area contributed by atoms with E-state index in [1.807, 2.05) is 12.1 Å². The molecule has 2 rings (SSSR count). The molecule has 0 bridgehead atoms. The third-order valence-corrected chi connectivity index (χ3v) is 4.69. The van der Waals surface area contributed by atoms with Crippen molar-refractivity contribution in [3.63, 3.8) is 0 Å². The highest BCUT2D eigenvalue weighted by Gasteiger charge is 2.20. The van der Waals surface area contributed by atoms with Gasteiger partial charge in [0.2, 0.25) is 0 Å². The maximum absolute atomic E-state index is 10.2. The zero-order valence-electron chi connectivity index (χ0n) is 14.3. The molecule has 3 heteroatoms. The Morgan fingerprint density at radius 1 is 1.14 bits per heavy atom. The van der Waals surface area contributed by atoms with Gasteiger partial charge in [-0.1, -0.05) is 45.2 Å². The van der Waals surface area contributed by atoms with Crippen molar-refractivity contribution in [3.8, 4) is 5.75 Å². The van der Waals surface area contributed by atoms with Gasteiger partial charge in [-0.25, -0.2) is 0 Å². The second-order valence-electron chi connectivity index (χ2n) is 6.92. The molecule has 0 aliphatic heterocycles. The molecule has 1 aromatic carbocycles. The molecule has 1 N–H and O–H groups in total. The van der Waals surface area contributed by atoms with Gasteiger partial charge in [0.15, 0.2) is 0 Å². The van der Waals surface area contributed by atoms with Gasteiger partial charge in [-0.3, -0.25) is 0 Å². The highest BCUT2D eigenvalue weighted by atomic mass is 16.5. The summed E-state index contributed by atoms with van der Waals surface area (Å²) < 4.78 is 5.71. The van der Waals surface area contributed by atoms with Gasteiger partial charge in [0.25, 0.3) is 0 Å². The average Bonchev–Trinajstić information content (AvgIpc) is 2.54. The normalized spacial score (nSPS) is 17.9. The Labute approximate surface area is 135 Å². The summed E-state index contributed by atoms with van der Waals surface area (Å²) in [5.41, 5.74) is 1.31. The smallest absolute Gasteiger partial charge is 0.119 e. The first-order valence-corrected chi connectivity index (χ1v) is 8.67. The third-order valence-electron chi connectivity index (χ3n) is 4.69. The van der Waals surface area contributed by atoms with E-state index in [1.54, 1.807) is 0 Å². The number of benzene rings is 1. The number of hydrogen-bond donors (Lipinski definition) is 1. The Morgan fingerprint density at radius 3 is 2.36 bits per heavy atom. The Bertz CT molecular complexity index is 424. The standard InChI is InChI=1S/C19H31NO2/c1-15(2)16-9-11-19(12-10-16)22-14-18(21)13-20(3)17-7-5-4-6-8-17/h9-12,15,17-18,21H,4-8,13-14H2,1-3H3/t18-/m0/s1. The third kappa shape index (κ3) is 5.29. The van der Waals surface area contributed by atoms with Crippen LogP contribution >= 0.6 is 0 Å². The van der Waals surface area contributed by atoms with Crippen LogP contribution < -0.4 is 4.74 Å². The molecule has 0 amide bonds. The molecular weight excluding hydrogens is 274 g/mol. The summed E-state index contributed by atoms with van der Waals surface area (Å²) >= 11 is 0. The van der Waals surface area contributed by atoms with Crippen LogP contribution in [0.15, 0.2) is 24.3 Å². The van der Waals surface area contributed by atoms with Crippen molar-refractivity contribution in [1.29, 1.82) is 0 Å². The van der Waals surface area contributed by atoms with Crippen LogP contribution in [0.5, 0.6) is 5.75 Å². The number of rotatable bonds is 7. The van der Waals surface area contributed by atoms with Crippen molar-refractivity contribution in [2.24, 2.45) is 0 Å². The first kappa shape index (κ1) is 17.3. The molecule has 0 radical (unpaired) electrons. The second kappa shape index (κ2) is 8.54. The molecule has 1 aliphatic carbocycles. The van der Waals surface area contributed by atoms with Gasteiger partial charge in [-0.2, -0.15) is 0 Å². The Hall–Kier alpha value is -1.06. The van der Waals surface area contributed by atoms with Crippen molar-refractivity contribution in [2.45, 2.75) is 64.0 Å².